The van der Waals surface area contributed by atoms with Crippen LogP contribution in [0.2, 0.25) is 5.02 Å². The number of carbonyl (C=O) groups excluding carboxylic acids is 2. The third-order valence-electron chi connectivity index (χ3n) is 7.04. The first-order valence-corrected chi connectivity index (χ1v) is 12.0. The van der Waals surface area contributed by atoms with Crippen molar-refractivity contribution in [1.29, 1.82) is 0 Å². The maximum Gasteiger partial charge on any atom is 0.260 e. The molecule has 0 saturated carbocycles. The van der Waals surface area contributed by atoms with Crippen LogP contribution in [0, 0.1) is 5.41 Å². The predicted molar refractivity (Wildman–Crippen MR) is 129 cm³/mol. The van der Waals surface area contributed by atoms with Crippen molar-refractivity contribution in [2.24, 2.45) is 5.41 Å². The van der Waals surface area contributed by atoms with Crippen LogP contribution < -0.4 is 4.74 Å². The van der Waals surface area contributed by atoms with Crippen LogP contribution >= 0.6 is 11.6 Å². The lowest BCUT2D eigenvalue weighted by Gasteiger charge is -2.45. The Morgan fingerprint density at radius 1 is 1.06 bits per heavy atom. The van der Waals surface area contributed by atoms with Gasteiger partial charge in [0.15, 0.2) is 6.61 Å². The number of para-hydroxylation sites is 1. The van der Waals surface area contributed by atoms with Gasteiger partial charge in [0, 0.05) is 43.7 Å². The van der Waals surface area contributed by atoms with Gasteiger partial charge in [0.1, 0.15) is 5.75 Å². The van der Waals surface area contributed by atoms with Crippen molar-refractivity contribution >= 4 is 23.4 Å². The molecule has 0 bridgehead atoms. The average Bonchev–Trinajstić information content (AvgIpc) is 2.83. The Balaban J connectivity index is 1.51. The van der Waals surface area contributed by atoms with Gasteiger partial charge >= 0.3 is 0 Å². The second-order valence-corrected chi connectivity index (χ2v) is 9.92. The molecule has 2 N–H and O–H groups in total. The van der Waals surface area contributed by atoms with Crippen molar-refractivity contribution in [3.8, 4) is 5.75 Å². The number of hydrogen-bond acceptors (Lipinski definition) is 5. The highest BCUT2D eigenvalue weighted by Crippen LogP contribution is 2.39. The zero-order valence-corrected chi connectivity index (χ0v) is 20.1. The van der Waals surface area contributed by atoms with E-state index in [0.717, 1.165) is 5.56 Å². The number of aliphatic hydroxyl groups excluding tert-OH is 2. The van der Waals surface area contributed by atoms with E-state index in [0.29, 0.717) is 55.2 Å². The molecule has 2 heterocycles. The fraction of sp³-hybridized carbons (Fsp3) is 0.462. The smallest absolute Gasteiger partial charge is 0.260 e. The van der Waals surface area contributed by atoms with E-state index in [1.165, 1.54) is 0 Å². The van der Waals surface area contributed by atoms with E-state index in [1.54, 1.807) is 47.2 Å². The second kappa shape index (κ2) is 10.3. The molecule has 8 heteroatoms. The average molecular weight is 487 g/mol. The van der Waals surface area contributed by atoms with E-state index in [1.807, 2.05) is 18.2 Å². The van der Waals surface area contributed by atoms with Gasteiger partial charge in [-0.25, -0.2) is 0 Å². The van der Waals surface area contributed by atoms with Crippen LogP contribution in [0.4, 0.5) is 0 Å². The quantitative estimate of drug-likeness (QED) is 0.647. The molecule has 7 nitrogen and oxygen atoms in total. The van der Waals surface area contributed by atoms with Gasteiger partial charge in [0.2, 0.25) is 0 Å². The topological polar surface area (TPSA) is 90.3 Å². The van der Waals surface area contributed by atoms with Crippen LogP contribution in [0.15, 0.2) is 48.5 Å². The van der Waals surface area contributed by atoms with E-state index < -0.39 is 17.6 Å². The molecule has 2 aromatic carbocycles. The van der Waals surface area contributed by atoms with E-state index in [9.17, 15) is 19.8 Å². The summed E-state index contributed by atoms with van der Waals surface area (Å²) in [5.74, 6) is 0.332. The lowest BCUT2D eigenvalue weighted by atomic mass is 9.72. The molecule has 34 heavy (non-hydrogen) atoms. The summed E-state index contributed by atoms with van der Waals surface area (Å²) in [6.07, 6.45) is -0.113. The first-order chi connectivity index (χ1) is 16.3. The highest BCUT2D eigenvalue weighted by Gasteiger charge is 2.41. The van der Waals surface area contributed by atoms with Gasteiger partial charge in [-0.2, -0.15) is 0 Å². The molecule has 182 valence electrons. The fourth-order valence-corrected chi connectivity index (χ4v) is 5.11. The summed E-state index contributed by atoms with van der Waals surface area (Å²) in [5.41, 5.74) is 0.917. The molecule has 4 rings (SSSR count). The molecule has 0 unspecified atom stereocenters. The van der Waals surface area contributed by atoms with Gasteiger partial charge in [0.05, 0.1) is 12.2 Å². The Morgan fingerprint density at radius 2 is 1.74 bits per heavy atom. The van der Waals surface area contributed by atoms with E-state index in [4.69, 9.17) is 16.3 Å². The van der Waals surface area contributed by atoms with Gasteiger partial charge in [-0.1, -0.05) is 29.8 Å². The number of piperidine rings is 1. The number of likely N-dealkylation sites (N-methyl/N-ethyl adjacent to an activating group) is 1. The Hall–Kier alpha value is -2.61. The Labute approximate surface area is 204 Å². The Kier molecular flexibility index (Phi) is 7.45. The zero-order valence-electron chi connectivity index (χ0n) is 19.3. The summed E-state index contributed by atoms with van der Waals surface area (Å²) in [4.78, 5) is 29.2. The number of aliphatic hydroxyl groups is 2. The molecule has 2 aliphatic heterocycles. The van der Waals surface area contributed by atoms with Gasteiger partial charge in [0.25, 0.3) is 11.8 Å². The van der Waals surface area contributed by atoms with Crippen LogP contribution in [-0.4, -0.2) is 77.3 Å². The van der Waals surface area contributed by atoms with Crippen molar-refractivity contribution in [1.82, 2.24) is 9.80 Å². The maximum absolute atomic E-state index is 13.0. The normalized spacial score (nSPS) is 23.5. The van der Waals surface area contributed by atoms with Crippen molar-refractivity contribution < 1.29 is 24.5 Å². The number of amides is 2. The Morgan fingerprint density at radius 3 is 2.44 bits per heavy atom. The zero-order chi connectivity index (χ0) is 24.3. The molecule has 2 atom stereocenters. The minimum atomic E-state index is -0.963. The number of benzene rings is 2. The van der Waals surface area contributed by atoms with Crippen LogP contribution in [0.5, 0.6) is 5.75 Å². The summed E-state index contributed by atoms with van der Waals surface area (Å²) in [6.45, 7) is 1.34. The molecular formula is C26H31ClN2O5. The third-order valence-corrected chi connectivity index (χ3v) is 7.29. The van der Waals surface area contributed by atoms with Crippen LogP contribution in [0.25, 0.3) is 0 Å². The van der Waals surface area contributed by atoms with E-state index in [-0.39, 0.29) is 24.8 Å². The number of nitrogens with zero attached hydrogens (tertiary/aromatic N) is 2. The monoisotopic (exact) mass is 486 g/mol. The van der Waals surface area contributed by atoms with Crippen molar-refractivity contribution in [3.63, 3.8) is 0 Å². The number of likely N-dealkylation sites (tertiary alicyclic amines) is 1. The summed E-state index contributed by atoms with van der Waals surface area (Å²) in [5, 5.41) is 22.3. The molecule has 0 aromatic heterocycles. The third kappa shape index (κ3) is 5.54. The number of halogens is 1. The first kappa shape index (κ1) is 24.5. The minimum Gasteiger partial charge on any atom is -0.483 e. The lowest BCUT2D eigenvalue weighted by Crippen LogP contribution is -2.51. The van der Waals surface area contributed by atoms with Crippen LogP contribution in [0.3, 0.4) is 0 Å². The van der Waals surface area contributed by atoms with E-state index in [2.05, 4.69) is 0 Å². The molecule has 0 radical (unpaired) electrons. The number of carbonyl (C=O) groups is 2. The van der Waals surface area contributed by atoms with Crippen molar-refractivity contribution in [3.05, 3.63) is 64.7 Å². The summed E-state index contributed by atoms with van der Waals surface area (Å²) < 4.78 is 5.76. The molecule has 2 aromatic rings. The highest BCUT2D eigenvalue weighted by molar-refractivity contribution is 6.30. The minimum absolute atomic E-state index is 0.0605. The molecule has 1 saturated heterocycles. The number of hydrogen-bond donors (Lipinski definition) is 2. The lowest BCUT2D eigenvalue weighted by molar-refractivity contribution is -0.135. The molecule has 1 spiro atoms. The second-order valence-electron chi connectivity index (χ2n) is 9.49. The molecule has 2 amide bonds. The summed E-state index contributed by atoms with van der Waals surface area (Å²) >= 11 is 5.94. The fourth-order valence-electron chi connectivity index (χ4n) is 4.98. The predicted octanol–water partition coefficient (Wildman–Crippen LogP) is 2.77. The number of rotatable bonds is 1. The molecular weight excluding hydrogens is 456 g/mol. The molecule has 2 aliphatic rings. The highest BCUT2D eigenvalue weighted by atomic mass is 35.5. The SMILES string of the molecule is CN1CC2(CCN(C(=O)c3ccc(Cl)cc3)CC2)C[C@@H](O)[C@@H](O)Cc2ccccc2OCC1=O. The van der Waals surface area contributed by atoms with Crippen LogP contribution in [-0.2, 0) is 11.2 Å². The molecule has 1 fully saturated rings. The van der Waals surface area contributed by atoms with Gasteiger partial charge in [-0.3, -0.25) is 9.59 Å². The van der Waals surface area contributed by atoms with Crippen molar-refractivity contribution in [2.75, 3.05) is 33.3 Å². The largest absolute Gasteiger partial charge is 0.483 e. The van der Waals surface area contributed by atoms with Gasteiger partial charge < -0.3 is 24.7 Å². The van der Waals surface area contributed by atoms with Gasteiger partial charge in [-0.15, -0.1) is 0 Å². The summed E-state index contributed by atoms with van der Waals surface area (Å²) in [7, 11) is 1.74. The standard InChI is InChI=1S/C26H31ClN2O5/c1-28-17-26(10-12-29(13-11-26)25(33)18-6-8-20(27)9-7-18)15-22(31)21(30)14-19-4-2-3-5-23(19)34-16-24(28)32/h2-9,21-22,30-31H,10-17H2,1H3/t21-,22+/m0/s1. The summed E-state index contributed by atoms with van der Waals surface area (Å²) in [6, 6.07) is 14.1. The number of ether oxygens (including phenoxy) is 1. The van der Waals surface area contributed by atoms with Crippen molar-refractivity contribution in [2.45, 2.75) is 37.9 Å². The van der Waals surface area contributed by atoms with Crippen LogP contribution in [0.1, 0.15) is 35.2 Å². The van der Waals surface area contributed by atoms with E-state index >= 15 is 0 Å². The Bertz CT molecular complexity index is 1020. The maximum atomic E-state index is 13.0. The first-order valence-electron chi connectivity index (χ1n) is 11.6. The number of fused-ring (bicyclic) bond motifs is 1. The van der Waals surface area contributed by atoms with Gasteiger partial charge in [-0.05, 0) is 60.6 Å². The molecule has 0 aliphatic carbocycles.